The number of rotatable bonds is 3. The Hall–Kier alpha value is -1.36. The SMILES string of the molecule is Cn1cc(CN2CCC(C)(C(=O)O)CC2)c(C(C)(C)C)n1. The molecule has 0 bridgehead atoms. The molecule has 1 fully saturated rings. The molecule has 5 heteroatoms. The van der Waals surface area contributed by atoms with Gasteiger partial charge in [-0.05, 0) is 32.9 Å². The highest BCUT2D eigenvalue weighted by molar-refractivity contribution is 5.74. The second-order valence-electron chi connectivity index (χ2n) is 7.57. The monoisotopic (exact) mass is 293 g/mol. The van der Waals surface area contributed by atoms with Crippen LogP contribution in [0.5, 0.6) is 0 Å². The van der Waals surface area contributed by atoms with Crippen molar-refractivity contribution < 1.29 is 9.90 Å². The van der Waals surface area contributed by atoms with E-state index >= 15 is 0 Å². The van der Waals surface area contributed by atoms with Crippen LogP contribution in [-0.4, -0.2) is 38.8 Å². The number of piperidine rings is 1. The van der Waals surface area contributed by atoms with Gasteiger partial charge in [-0.2, -0.15) is 5.10 Å². The lowest BCUT2D eigenvalue weighted by Crippen LogP contribution is -2.42. The van der Waals surface area contributed by atoms with E-state index in [4.69, 9.17) is 0 Å². The van der Waals surface area contributed by atoms with E-state index in [-0.39, 0.29) is 5.41 Å². The maximum Gasteiger partial charge on any atom is 0.309 e. The lowest BCUT2D eigenvalue weighted by Gasteiger charge is -2.36. The van der Waals surface area contributed by atoms with Gasteiger partial charge in [0.25, 0.3) is 0 Å². The van der Waals surface area contributed by atoms with Crippen LogP contribution in [0.1, 0.15) is 51.8 Å². The second kappa shape index (κ2) is 5.44. The summed E-state index contributed by atoms with van der Waals surface area (Å²) in [7, 11) is 1.95. The van der Waals surface area contributed by atoms with Crippen molar-refractivity contribution in [3.63, 3.8) is 0 Å². The van der Waals surface area contributed by atoms with Crippen LogP contribution in [-0.2, 0) is 23.8 Å². The maximum atomic E-state index is 11.3. The fraction of sp³-hybridized carbons (Fsp3) is 0.750. The number of carbonyl (C=O) groups is 1. The van der Waals surface area contributed by atoms with E-state index in [0.29, 0.717) is 12.8 Å². The van der Waals surface area contributed by atoms with E-state index in [1.54, 1.807) is 0 Å². The quantitative estimate of drug-likeness (QED) is 0.929. The van der Waals surface area contributed by atoms with Crippen molar-refractivity contribution in [1.29, 1.82) is 0 Å². The van der Waals surface area contributed by atoms with Crippen LogP contribution in [0.2, 0.25) is 0 Å². The van der Waals surface area contributed by atoms with Gasteiger partial charge in [0, 0.05) is 30.8 Å². The molecule has 21 heavy (non-hydrogen) atoms. The largest absolute Gasteiger partial charge is 0.481 e. The summed E-state index contributed by atoms with van der Waals surface area (Å²) >= 11 is 0. The standard InChI is InChI=1S/C16H27N3O2/c1-15(2,3)13-12(10-18(5)17-13)11-19-8-6-16(4,7-9-19)14(20)21/h10H,6-9,11H2,1-5H3,(H,20,21). The average molecular weight is 293 g/mol. The van der Waals surface area contributed by atoms with Gasteiger partial charge in [-0.1, -0.05) is 20.8 Å². The average Bonchev–Trinajstić information content (AvgIpc) is 2.73. The number of likely N-dealkylation sites (tertiary alicyclic amines) is 1. The number of hydrogen-bond donors (Lipinski definition) is 1. The Balaban J connectivity index is 2.06. The van der Waals surface area contributed by atoms with Gasteiger partial charge < -0.3 is 5.11 Å². The number of nitrogens with zero attached hydrogens (tertiary/aromatic N) is 3. The van der Waals surface area contributed by atoms with Gasteiger partial charge in [0.15, 0.2) is 0 Å². The summed E-state index contributed by atoms with van der Waals surface area (Å²) in [6, 6.07) is 0. The van der Waals surface area contributed by atoms with Crippen LogP contribution in [0.4, 0.5) is 0 Å². The smallest absolute Gasteiger partial charge is 0.309 e. The predicted molar refractivity (Wildman–Crippen MR) is 82.2 cm³/mol. The molecule has 1 aliphatic rings. The normalized spacial score (nSPS) is 19.7. The first-order valence-corrected chi connectivity index (χ1v) is 7.60. The molecule has 1 N–H and O–H groups in total. The van der Waals surface area contributed by atoms with E-state index in [1.807, 2.05) is 18.7 Å². The Morgan fingerprint density at radius 2 is 1.95 bits per heavy atom. The Morgan fingerprint density at radius 1 is 1.38 bits per heavy atom. The van der Waals surface area contributed by atoms with Crippen LogP contribution < -0.4 is 0 Å². The highest BCUT2D eigenvalue weighted by atomic mass is 16.4. The van der Waals surface area contributed by atoms with Crippen molar-refractivity contribution in [2.75, 3.05) is 13.1 Å². The zero-order valence-corrected chi connectivity index (χ0v) is 13.8. The lowest BCUT2D eigenvalue weighted by atomic mass is 9.80. The lowest BCUT2D eigenvalue weighted by molar-refractivity contribution is -0.150. The third kappa shape index (κ3) is 3.46. The Morgan fingerprint density at radius 3 is 2.43 bits per heavy atom. The zero-order chi connectivity index (χ0) is 15.8. The van der Waals surface area contributed by atoms with Gasteiger partial charge in [0.05, 0.1) is 11.1 Å². The van der Waals surface area contributed by atoms with Crippen LogP contribution in [0.3, 0.4) is 0 Å². The van der Waals surface area contributed by atoms with Crippen molar-refractivity contribution in [3.8, 4) is 0 Å². The molecule has 1 aromatic rings. The highest BCUT2D eigenvalue weighted by Gasteiger charge is 2.37. The molecule has 0 saturated carbocycles. The summed E-state index contributed by atoms with van der Waals surface area (Å²) in [6.07, 6.45) is 3.52. The summed E-state index contributed by atoms with van der Waals surface area (Å²) in [5.74, 6) is -0.668. The number of aryl methyl sites for hydroxylation is 1. The summed E-state index contributed by atoms with van der Waals surface area (Å²) in [5.41, 5.74) is 1.86. The molecular formula is C16H27N3O2. The molecule has 0 aliphatic carbocycles. The van der Waals surface area contributed by atoms with Crippen LogP contribution >= 0.6 is 0 Å². The third-order valence-corrected chi connectivity index (χ3v) is 4.48. The third-order valence-electron chi connectivity index (χ3n) is 4.48. The van der Waals surface area contributed by atoms with Gasteiger partial charge in [0.2, 0.25) is 0 Å². The molecule has 118 valence electrons. The second-order valence-corrected chi connectivity index (χ2v) is 7.57. The number of carboxylic acids is 1. The summed E-state index contributed by atoms with van der Waals surface area (Å²) in [5, 5.41) is 13.9. The molecule has 0 atom stereocenters. The van der Waals surface area contributed by atoms with Gasteiger partial charge in [-0.25, -0.2) is 0 Å². The molecule has 1 aliphatic heterocycles. The molecule has 0 amide bonds. The summed E-state index contributed by atoms with van der Waals surface area (Å²) in [6.45, 7) is 10.9. The van der Waals surface area contributed by atoms with Crippen LogP contribution in [0.25, 0.3) is 0 Å². The molecule has 0 unspecified atom stereocenters. The Bertz CT molecular complexity index is 520. The van der Waals surface area contributed by atoms with Crippen LogP contribution in [0.15, 0.2) is 6.20 Å². The number of aromatic nitrogens is 2. The van der Waals surface area contributed by atoms with E-state index in [2.05, 4.69) is 37.0 Å². The van der Waals surface area contributed by atoms with E-state index in [9.17, 15) is 9.90 Å². The fourth-order valence-electron chi connectivity index (χ4n) is 2.94. The minimum absolute atomic E-state index is 0.0297. The van der Waals surface area contributed by atoms with Gasteiger partial charge >= 0.3 is 5.97 Å². The van der Waals surface area contributed by atoms with Gasteiger partial charge in [-0.3, -0.25) is 14.4 Å². The van der Waals surface area contributed by atoms with E-state index < -0.39 is 11.4 Å². The molecule has 1 saturated heterocycles. The van der Waals surface area contributed by atoms with Crippen molar-refractivity contribution in [1.82, 2.24) is 14.7 Å². The minimum atomic E-state index is -0.668. The number of carboxylic acid groups (broad SMARTS) is 1. The Labute approximate surface area is 126 Å². The van der Waals surface area contributed by atoms with Crippen molar-refractivity contribution in [3.05, 3.63) is 17.5 Å². The number of aliphatic carboxylic acids is 1. The van der Waals surface area contributed by atoms with Crippen molar-refractivity contribution in [2.24, 2.45) is 12.5 Å². The van der Waals surface area contributed by atoms with Crippen molar-refractivity contribution >= 4 is 5.97 Å². The van der Waals surface area contributed by atoms with E-state index in [0.717, 1.165) is 25.3 Å². The maximum absolute atomic E-state index is 11.3. The van der Waals surface area contributed by atoms with Crippen LogP contribution in [0, 0.1) is 5.41 Å². The highest BCUT2D eigenvalue weighted by Crippen LogP contribution is 2.32. The fourth-order valence-corrected chi connectivity index (χ4v) is 2.94. The molecule has 1 aromatic heterocycles. The molecule has 2 rings (SSSR count). The van der Waals surface area contributed by atoms with Crippen molar-refractivity contribution in [2.45, 2.75) is 52.5 Å². The minimum Gasteiger partial charge on any atom is -0.481 e. The molecule has 5 nitrogen and oxygen atoms in total. The topological polar surface area (TPSA) is 58.4 Å². The summed E-state index contributed by atoms with van der Waals surface area (Å²) < 4.78 is 1.88. The first-order chi connectivity index (χ1) is 9.62. The molecule has 0 aromatic carbocycles. The van der Waals surface area contributed by atoms with E-state index in [1.165, 1.54) is 5.56 Å². The van der Waals surface area contributed by atoms with Gasteiger partial charge in [0.1, 0.15) is 0 Å². The molecular weight excluding hydrogens is 266 g/mol. The predicted octanol–water partition coefficient (Wildman–Crippen LogP) is 2.40. The van der Waals surface area contributed by atoms with Gasteiger partial charge in [-0.15, -0.1) is 0 Å². The first kappa shape index (κ1) is 16.0. The molecule has 0 radical (unpaired) electrons. The summed E-state index contributed by atoms with van der Waals surface area (Å²) in [4.78, 5) is 13.6. The molecule has 0 spiro atoms. The Kier molecular flexibility index (Phi) is 4.15. The molecule has 2 heterocycles. The number of hydrogen-bond acceptors (Lipinski definition) is 3. The first-order valence-electron chi connectivity index (χ1n) is 7.60. The zero-order valence-electron chi connectivity index (χ0n) is 13.8.